The molecule has 3 unspecified atom stereocenters. The molecule has 1 saturated heterocycles. The van der Waals surface area contributed by atoms with Crippen molar-refractivity contribution in [3.8, 4) is 0 Å². The van der Waals surface area contributed by atoms with Gasteiger partial charge in [0.05, 0.1) is 5.60 Å². The van der Waals surface area contributed by atoms with E-state index in [0.29, 0.717) is 4.83 Å². The molecule has 0 amide bonds. The van der Waals surface area contributed by atoms with Gasteiger partial charge in [-0.3, -0.25) is 0 Å². The lowest BCUT2D eigenvalue weighted by molar-refractivity contribution is -0.0190. The second kappa shape index (κ2) is 3.33. The number of fused-ring (bicyclic) bond motifs is 3. The lowest BCUT2D eigenvalue weighted by atomic mass is 9.62. The molecule has 1 aliphatic carbocycles. The van der Waals surface area contributed by atoms with E-state index in [2.05, 4.69) is 54.0 Å². The van der Waals surface area contributed by atoms with Gasteiger partial charge in [0.2, 0.25) is 0 Å². The molecule has 1 heterocycles. The van der Waals surface area contributed by atoms with Gasteiger partial charge >= 0.3 is 0 Å². The maximum atomic E-state index is 6.07. The van der Waals surface area contributed by atoms with Gasteiger partial charge in [-0.1, -0.05) is 47.1 Å². The average Bonchev–Trinajstić information content (AvgIpc) is 2.58. The van der Waals surface area contributed by atoms with Gasteiger partial charge in [0.1, 0.15) is 0 Å². The molecule has 1 aliphatic heterocycles. The summed E-state index contributed by atoms with van der Waals surface area (Å²) in [6, 6.07) is 8.83. The van der Waals surface area contributed by atoms with Gasteiger partial charge in [0.25, 0.3) is 0 Å². The van der Waals surface area contributed by atoms with E-state index in [4.69, 9.17) is 4.74 Å². The maximum absolute atomic E-state index is 6.07. The summed E-state index contributed by atoms with van der Waals surface area (Å²) in [6.45, 7) is 5.49. The third-order valence-electron chi connectivity index (χ3n) is 4.71. The van der Waals surface area contributed by atoms with Crippen LogP contribution < -0.4 is 0 Å². The average molecular weight is 281 g/mol. The fourth-order valence-electron chi connectivity index (χ4n) is 3.34. The molecule has 0 radical (unpaired) electrons. The van der Waals surface area contributed by atoms with Gasteiger partial charge < -0.3 is 4.74 Å². The Labute approximate surface area is 105 Å². The zero-order chi connectivity index (χ0) is 11.4. The molecule has 0 N–H and O–H groups in total. The Hall–Kier alpha value is -0.340. The normalized spacial score (nSPS) is 41.6. The lowest BCUT2D eigenvalue weighted by Crippen LogP contribution is -2.54. The Morgan fingerprint density at radius 1 is 1.31 bits per heavy atom. The molecule has 16 heavy (non-hydrogen) atoms. The van der Waals surface area contributed by atoms with Crippen LogP contribution in [0.5, 0.6) is 0 Å². The smallest absolute Gasteiger partial charge is 0.0876 e. The molecule has 2 aliphatic rings. The van der Waals surface area contributed by atoms with Crippen molar-refractivity contribution in [1.29, 1.82) is 0 Å². The zero-order valence-corrected chi connectivity index (χ0v) is 11.4. The predicted molar refractivity (Wildman–Crippen MR) is 69.2 cm³/mol. The molecule has 3 atom stereocenters. The van der Waals surface area contributed by atoms with Gasteiger partial charge in [0.15, 0.2) is 0 Å². The van der Waals surface area contributed by atoms with Gasteiger partial charge in [-0.05, 0) is 30.9 Å². The van der Waals surface area contributed by atoms with Gasteiger partial charge in [-0.15, -0.1) is 0 Å². The maximum Gasteiger partial charge on any atom is 0.0876 e. The molecule has 1 aromatic rings. The summed E-state index contributed by atoms with van der Waals surface area (Å²) in [4.78, 5) is 0.419. The van der Waals surface area contributed by atoms with E-state index in [1.165, 1.54) is 11.1 Å². The third kappa shape index (κ3) is 1.15. The quantitative estimate of drug-likeness (QED) is 0.662. The van der Waals surface area contributed by atoms with E-state index >= 15 is 0 Å². The molecule has 0 bridgehead atoms. The van der Waals surface area contributed by atoms with Crippen LogP contribution >= 0.6 is 15.9 Å². The molecule has 0 saturated carbocycles. The van der Waals surface area contributed by atoms with Crippen molar-refractivity contribution in [1.82, 2.24) is 0 Å². The van der Waals surface area contributed by atoms with E-state index in [9.17, 15) is 0 Å². The van der Waals surface area contributed by atoms with Crippen LogP contribution in [0.2, 0.25) is 0 Å². The van der Waals surface area contributed by atoms with Crippen molar-refractivity contribution in [2.45, 2.75) is 42.5 Å². The summed E-state index contributed by atoms with van der Waals surface area (Å²) in [5.74, 6) is 0. The minimum atomic E-state index is -0.0542. The molecule has 0 aromatic heterocycles. The molecule has 3 rings (SSSR count). The lowest BCUT2D eigenvalue weighted by Gasteiger charge is -2.48. The van der Waals surface area contributed by atoms with Crippen LogP contribution in [0.25, 0.3) is 0 Å². The Morgan fingerprint density at radius 2 is 2.06 bits per heavy atom. The van der Waals surface area contributed by atoms with Crippen molar-refractivity contribution in [3.63, 3.8) is 0 Å². The highest BCUT2D eigenvalue weighted by molar-refractivity contribution is 9.09. The Balaban J connectivity index is 2.22. The SMILES string of the molecule is CC12CCOC1(C)C(Br)Cc1ccccc12. The van der Waals surface area contributed by atoms with E-state index < -0.39 is 0 Å². The minimum absolute atomic E-state index is 0.0542. The predicted octanol–water partition coefficient (Wildman–Crippen LogP) is 3.44. The largest absolute Gasteiger partial charge is 0.373 e. The summed E-state index contributed by atoms with van der Waals surface area (Å²) in [5.41, 5.74) is 3.08. The first kappa shape index (κ1) is 10.8. The van der Waals surface area contributed by atoms with Crippen molar-refractivity contribution in [2.75, 3.05) is 6.61 Å². The molecular weight excluding hydrogens is 264 g/mol. The van der Waals surface area contributed by atoms with Crippen LogP contribution in [-0.2, 0) is 16.6 Å². The summed E-state index contributed by atoms with van der Waals surface area (Å²) in [6.07, 6.45) is 2.20. The first-order chi connectivity index (χ1) is 7.58. The summed E-state index contributed by atoms with van der Waals surface area (Å²) in [5, 5.41) is 0. The number of halogens is 1. The van der Waals surface area contributed by atoms with Crippen molar-refractivity contribution in [3.05, 3.63) is 35.4 Å². The van der Waals surface area contributed by atoms with Crippen LogP contribution in [0.1, 0.15) is 31.4 Å². The fourth-order valence-corrected chi connectivity index (χ4v) is 4.32. The standard InChI is InChI=1S/C14H17BrO/c1-13-7-8-16-14(13,2)12(15)9-10-5-3-4-6-11(10)13/h3-6,12H,7-9H2,1-2H3. The number of hydrogen-bond donors (Lipinski definition) is 0. The molecular formula is C14H17BrO. The zero-order valence-electron chi connectivity index (χ0n) is 9.79. The molecule has 2 heteroatoms. The first-order valence-electron chi connectivity index (χ1n) is 5.94. The topological polar surface area (TPSA) is 9.23 Å². The molecule has 1 aromatic carbocycles. The molecule has 1 fully saturated rings. The van der Waals surface area contributed by atoms with E-state index in [1.54, 1.807) is 0 Å². The van der Waals surface area contributed by atoms with Crippen LogP contribution in [0.15, 0.2) is 24.3 Å². The first-order valence-corrected chi connectivity index (χ1v) is 6.86. The monoisotopic (exact) mass is 280 g/mol. The van der Waals surface area contributed by atoms with Gasteiger partial charge in [0, 0.05) is 16.8 Å². The van der Waals surface area contributed by atoms with Gasteiger partial charge in [-0.2, -0.15) is 0 Å². The number of rotatable bonds is 0. The summed E-state index contributed by atoms with van der Waals surface area (Å²) < 4.78 is 6.07. The van der Waals surface area contributed by atoms with E-state index in [1.807, 2.05) is 0 Å². The van der Waals surface area contributed by atoms with Crippen LogP contribution in [-0.4, -0.2) is 17.0 Å². The van der Waals surface area contributed by atoms with E-state index in [0.717, 1.165) is 19.4 Å². The molecule has 0 spiro atoms. The van der Waals surface area contributed by atoms with Crippen LogP contribution in [0.4, 0.5) is 0 Å². The Morgan fingerprint density at radius 3 is 2.88 bits per heavy atom. The highest BCUT2D eigenvalue weighted by atomic mass is 79.9. The highest BCUT2D eigenvalue weighted by Crippen LogP contribution is 2.54. The Bertz CT molecular complexity index is 430. The summed E-state index contributed by atoms with van der Waals surface area (Å²) in [7, 11) is 0. The van der Waals surface area contributed by atoms with Crippen LogP contribution in [0, 0.1) is 0 Å². The minimum Gasteiger partial charge on any atom is -0.373 e. The number of benzene rings is 1. The van der Waals surface area contributed by atoms with Crippen molar-refractivity contribution in [2.24, 2.45) is 0 Å². The number of hydrogen-bond acceptors (Lipinski definition) is 1. The van der Waals surface area contributed by atoms with Crippen molar-refractivity contribution >= 4 is 15.9 Å². The summed E-state index contributed by atoms with van der Waals surface area (Å²) >= 11 is 3.83. The van der Waals surface area contributed by atoms with Crippen molar-refractivity contribution < 1.29 is 4.74 Å². The fraction of sp³-hybridized carbons (Fsp3) is 0.571. The Kier molecular flexibility index (Phi) is 2.25. The van der Waals surface area contributed by atoms with Gasteiger partial charge in [-0.25, -0.2) is 0 Å². The highest BCUT2D eigenvalue weighted by Gasteiger charge is 2.57. The number of ether oxygens (including phenoxy) is 1. The van der Waals surface area contributed by atoms with Crippen LogP contribution in [0.3, 0.4) is 0 Å². The molecule has 1 nitrogen and oxygen atoms in total. The van der Waals surface area contributed by atoms with E-state index in [-0.39, 0.29) is 11.0 Å². The second-order valence-electron chi connectivity index (χ2n) is 5.37. The second-order valence-corrected chi connectivity index (χ2v) is 6.47. The molecule has 86 valence electrons. The number of alkyl halides is 1. The third-order valence-corrected chi connectivity index (χ3v) is 5.91.